The van der Waals surface area contributed by atoms with E-state index in [4.69, 9.17) is 4.74 Å². The highest BCUT2D eigenvalue weighted by Gasteiger charge is 2.36. The predicted octanol–water partition coefficient (Wildman–Crippen LogP) is 4.12. The van der Waals surface area contributed by atoms with Gasteiger partial charge >= 0.3 is 6.18 Å². The topological polar surface area (TPSA) is 186 Å². The second kappa shape index (κ2) is 18.8. The van der Waals surface area contributed by atoms with Crippen LogP contribution in [0.15, 0.2) is 48.8 Å². The molecule has 4 aromatic rings. The van der Waals surface area contributed by atoms with E-state index in [9.17, 15) is 36.7 Å². The van der Waals surface area contributed by atoms with Gasteiger partial charge in [-0.25, -0.2) is 14.4 Å². The molecular formula is C36H44F4N10O5S. The van der Waals surface area contributed by atoms with Crippen molar-refractivity contribution in [3.05, 3.63) is 54.4 Å². The molecule has 4 rings (SSSR count). The standard InChI is InChI=1S/C36H44F4N10O5S/c1-19(44-34(54)31(37)56-18-27(33(53)41-3)45-20(2)51)32(52)46-25-14-26(29(55-7)15-28(25)50(6)13-12-49(4)5)47-35-43-17-23(36(38,39)40)30(48-35)22-16-42-24-11-9-8-10-21(22)24/h8-11,14-17,19,27,31,42H,12-13,18H2,1-7H3,(H,41,53)(H,44,54)(H,45,51)(H,46,52)(H,43,47,48)/t19-,27-,31?/m0/s1. The van der Waals surface area contributed by atoms with Crippen molar-refractivity contribution < 1.29 is 41.5 Å². The van der Waals surface area contributed by atoms with Gasteiger partial charge in [-0.15, -0.1) is 11.8 Å². The van der Waals surface area contributed by atoms with E-state index < -0.39 is 53.0 Å². The van der Waals surface area contributed by atoms with Crippen LogP contribution in [0.2, 0.25) is 0 Å². The number of benzene rings is 2. The van der Waals surface area contributed by atoms with Gasteiger partial charge in [-0.3, -0.25) is 19.2 Å². The number of anilines is 4. The van der Waals surface area contributed by atoms with E-state index in [-0.39, 0.29) is 40.1 Å². The molecule has 4 amide bonds. The third-order valence-corrected chi connectivity index (χ3v) is 9.39. The van der Waals surface area contributed by atoms with Crippen molar-refractivity contribution in [2.75, 3.05) is 69.7 Å². The number of para-hydroxylation sites is 1. The Morgan fingerprint density at radius 2 is 1.71 bits per heavy atom. The molecule has 2 aromatic heterocycles. The molecule has 0 radical (unpaired) electrons. The number of halogens is 4. The molecular weight excluding hydrogens is 761 g/mol. The van der Waals surface area contributed by atoms with Crippen molar-refractivity contribution in [1.29, 1.82) is 0 Å². The summed E-state index contributed by atoms with van der Waals surface area (Å²) in [5, 5.41) is 13.2. The molecule has 0 spiro atoms. The molecule has 0 saturated carbocycles. The molecule has 302 valence electrons. The lowest BCUT2D eigenvalue weighted by Gasteiger charge is -2.26. The van der Waals surface area contributed by atoms with Crippen LogP contribution in [0, 0.1) is 0 Å². The first-order valence-electron chi connectivity index (χ1n) is 17.1. The zero-order valence-corrected chi connectivity index (χ0v) is 32.5. The number of rotatable bonds is 17. The van der Waals surface area contributed by atoms with Crippen LogP contribution in [0.5, 0.6) is 5.75 Å². The normalized spacial score (nSPS) is 13.1. The monoisotopic (exact) mass is 804 g/mol. The number of amides is 4. The number of H-pyrrole nitrogens is 1. The SMILES string of the molecule is CNC(=O)[C@H](CSC(F)C(=O)N[C@@H](C)C(=O)Nc1cc(Nc2ncc(C(F)(F)F)c(-c3c[nH]c4ccccc34)n2)c(OC)cc1N(C)CCN(C)C)NC(C)=O. The Balaban J connectivity index is 1.63. The van der Waals surface area contributed by atoms with E-state index in [0.29, 0.717) is 47.6 Å². The number of hydrogen-bond donors (Lipinski definition) is 6. The van der Waals surface area contributed by atoms with Crippen molar-refractivity contribution in [2.24, 2.45) is 0 Å². The molecule has 1 unspecified atom stereocenters. The highest BCUT2D eigenvalue weighted by Crippen LogP contribution is 2.41. The number of fused-ring (bicyclic) bond motifs is 1. The van der Waals surface area contributed by atoms with Gasteiger partial charge in [0.25, 0.3) is 5.91 Å². The molecule has 2 heterocycles. The number of thioether (sulfide) groups is 1. The Bertz CT molecular complexity index is 2050. The van der Waals surface area contributed by atoms with Crippen molar-refractivity contribution in [1.82, 2.24) is 35.8 Å². The highest BCUT2D eigenvalue weighted by atomic mass is 32.2. The summed E-state index contributed by atoms with van der Waals surface area (Å²) in [6.45, 7) is 3.64. The fourth-order valence-electron chi connectivity index (χ4n) is 5.41. The minimum Gasteiger partial charge on any atom is -0.494 e. The van der Waals surface area contributed by atoms with E-state index in [0.717, 1.165) is 0 Å². The summed E-state index contributed by atoms with van der Waals surface area (Å²) in [4.78, 5) is 64.7. The van der Waals surface area contributed by atoms with Crippen LogP contribution in [0.25, 0.3) is 22.2 Å². The smallest absolute Gasteiger partial charge is 0.419 e. The summed E-state index contributed by atoms with van der Waals surface area (Å²) in [5.74, 6) is -3.19. The first-order valence-corrected chi connectivity index (χ1v) is 18.2. The average molecular weight is 805 g/mol. The molecule has 0 bridgehead atoms. The number of aromatic nitrogens is 3. The van der Waals surface area contributed by atoms with Gasteiger partial charge in [0.2, 0.25) is 29.2 Å². The van der Waals surface area contributed by atoms with Crippen molar-refractivity contribution in [2.45, 2.75) is 37.6 Å². The van der Waals surface area contributed by atoms with Gasteiger partial charge in [-0.2, -0.15) is 13.2 Å². The van der Waals surface area contributed by atoms with Crippen molar-refractivity contribution in [3.63, 3.8) is 0 Å². The fourth-order valence-corrected chi connectivity index (χ4v) is 6.22. The highest BCUT2D eigenvalue weighted by molar-refractivity contribution is 8.00. The summed E-state index contributed by atoms with van der Waals surface area (Å²) < 4.78 is 63.2. The third-order valence-electron chi connectivity index (χ3n) is 8.36. The summed E-state index contributed by atoms with van der Waals surface area (Å²) in [6, 6.07) is 7.58. The first kappa shape index (κ1) is 43.1. The van der Waals surface area contributed by atoms with Gasteiger partial charge in [-0.1, -0.05) is 18.2 Å². The summed E-state index contributed by atoms with van der Waals surface area (Å²) in [5.41, 5.74) is -1.91. The fraction of sp³-hybridized carbons (Fsp3) is 0.389. The average Bonchev–Trinajstić information content (AvgIpc) is 3.58. The molecule has 0 fully saturated rings. The maximum atomic E-state index is 14.9. The number of aromatic amines is 1. The number of carbonyl (C=O) groups is 4. The van der Waals surface area contributed by atoms with Gasteiger partial charge in [0, 0.05) is 74.8 Å². The number of alkyl halides is 4. The Morgan fingerprint density at radius 3 is 2.36 bits per heavy atom. The Morgan fingerprint density at radius 1 is 1.00 bits per heavy atom. The second-order valence-corrected chi connectivity index (χ2v) is 13.9. The van der Waals surface area contributed by atoms with Crippen LogP contribution in [-0.4, -0.2) is 115 Å². The molecule has 0 saturated heterocycles. The van der Waals surface area contributed by atoms with Crippen LogP contribution < -0.4 is 36.2 Å². The lowest BCUT2D eigenvalue weighted by Crippen LogP contribution is -2.48. The van der Waals surface area contributed by atoms with Crippen LogP contribution in [-0.2, 0) is 25.4 Å². The van der Waals surface area contributed by atoms with Crippen molar-refractivity contribution >= 4 is 69.3 Å². The van der Waals surface area contributed by atoms with Gasteiger partial charge in [0.05, 0.1) is 29.9 Å². The Hall–Kier alpha value is -5.63. The lowest BCUT2D eigenvalue weighted by molar-refractivity contribution is -0.137. The summed E-state index contributed by atoms with van der Waals surface area (Å²) in [6.07, 6.45) is -2.64. The van der Waals surface area contributed by atoms with Crippen LogP contribution in [0.3, 0.4) is 0 Å². The number of hydrogen-bond acceptors (Lipinski definition) is 11. The van der Waals surface area contributed by atoms with Crippen LogP contribution >= 0.6 is 11.8 Å². The third kappa shape index (κ3) is 11.0. The van der Waals surface area contributed by atoms with Crippen molar-refractivity contribution in [3.8, 4) is 17.0 Å². The zero-order valence-electron chi connectivity index (χ0n) is 31.7. The molecule has 6 N–H and O–H groups in total. The van der Waals surface area contributed by atoms with E-state index in [1.165, 1.54) is 40.3 Å². The number of ether oxygens (including phenoxy) is 1. The van der Waals surface area contributed by atoms with E-state index in [2.05, 4.69) is 41.5 Å². The quantitative estimate of drug-likeness (QED) is 0.0845. The molecule has 15 nitrogen and oxygen atoms in total. The van der Waals surface area contributed by atoms with Gasteiger partial charge in [-0.05, 0) is 33.2 Å². The van der Waals surface area contributed by atoms with Gasteiger partial charge in [0.15, 0.2) is 0 Å². The van der Waals surface area contributed by atoms with Crippen LogP contribution in [0.1, 0.15) is 19.4 Å². The number of carbonyl (C=O) groups excluding carboxylic acids is 4. The first-order chi connectivity index (χ1) is 26.4. The largest absolute Gasteiger partial charge is 0.494 e. The predicted molar refractivity (Wildman–Crippen MR) is 208 cm³/mol. The van der Waals surface area contributed by atoms with E-state index in [1.807, 2.05) is 23.9 Å². The van der Waals surface area contributed by atoms with E-state index in [1.54, 1.807) is 37.4 Å². The second-order valence-electron chi connectivity index (χ2n) is 12.9. The molecule has 2 aromatic carbocycles. The maximum Gasteiger partial charge on any atom is 0.419 e. The van der Waals surface area contributed by atoms with Crippen LogP contribution in [0.4, 0.5) is 40.6 Å². The zero-order chi connectivity index (χ0) is 41.3. The molecule has 3 atom stereocenters. The molecule has 0 aliphatic rings. The molecule has 0 aliphatic carbocycles. The maximum absolute atomic E-state index is 14.9. The number of methoxy groups -OCH3 is 1. The minimum atomic E-state index is -4.77. The molecule has 0 aliphatic heterocycles. The van der Waals surface area contributed by atoms with Gasteiger partial charge < -0.3 is 46.1 Å². The van der Waals surface area contributed by atoms with Gasteiger partial charge in [0.1, 0.15) is 23.4 Å². The summed E-state index contributed by atoms with van der Waals surface area (Å²) >= 11 is 0.465. The Labute approximate surface area is 324 Å². The molecule has 20 heteroatoms. The number of nitrogens with one attached hydrogen (secondary N) is 6. The summed E-state index contributed by atoms with van der Waals surface area (Å²) in [7, 11) is 8.29. The Kier molecular flexibility index (Phi) is 14.5. The number of nitrogens with zero attached hydrogens (tertiary/aromatic N) is 4. The lowest BCUT2D eigenvalue weighted by atomic mass is 10.1. The number of likely N-dealkylation sites (N-methyl/N-ethyl adjacent to an activating group) is 3. The minimum absolute atomic E-state index is 0.180. The molecule has 56 heavy (non-hydrogen) atoms. The van der Waals surface area contributed by atoms with E-state index >= 15 is 0 Å².